The first-order valence-corrected chi connectivity index (χ1v) is 11.4. The van der Waals surface area contributed by atoms with Crippen molar-refractivity contribution in [2.45, 2.75) is 6.42 Å². The van der Waals surface area contributed by atoms with E-state index in [-0.39, 0.29) is 17.5 Å². The van der Waals surface area contributed by atoms with Crippen LogP contribution < -0.4 is 15.4 Å². The molecule has 168 valence electrons. The molecule has 1 aliphatic rings. The molecule has 0 spiro atoms. The van der Waals surface area contributed by atoms with Crippen LogP contribution in [0, 0.1) is 0 Å². The first kappa shape index (κ1) is 22.5. The summed E-state index contributed by atoms with van der Waals surface area (Å²) in [5.74, 6) is -0.0157. The largest absolute Gasteiger partial charge is 0.411 e. The van der Waals surface area contributed by atoms with E-state index in [0.717, 1.165) is 35.6 Å². The van der Waals surface area contributed by atoms with E-state index in [0.29, 0.717) is 30.3 Å². The Balaban J connectivity index is 1.57. The first-order chi connectivity index (χ1) is 15.5. The van der Waals surface area contributed by atoms with E-state index < -0.39 is 6.09 Å². The summed E-state index contributed by atoms with van der Waals surface area (Å²) >= 11 is 7.18. The van der Waals surface area contributed by atoms with E-state index in [2.05, 4.69) is 9.88 Å². The van der Waals surface area contributed by atoms with Gasteiger partial charge in [-0.1, -0.05) is 35.1 Å². The summed E-state index contributed by atoms with van der Waals surface area (Å²) in [6, 6.07) is 12.8. The third-order valence-corrected chi connectivity index (χ3v) is 6.31. The number of hydrogen-bond donors (Lipinski definition) is 1. The normalized spacial score (nSPS) is 14.4. The molecule has 0 atom stereocenters. The number of fused-ring (bicyclic) bond motifs is 1. The zero-order valence-corrected chi connectivity index (χ0v) is 18.9. The van der Waals surface area contributed by atoms with Gasteiger partial charge in [-0.25, -0.2) is 9.78 Å². The zero-order chi connectivity index (χ0) is 22.5. The fourth-order valence-corrected chi connectivity index (χ4v) is 4.51. The average Bonchev–Trinajstić information content (AvgIpc) is 3.17. The molecule has 1 fully saturated rings. The first-order valence-electron chi connectivity index (χ1n) is 10.2. The van der Waals surface area contributed by atoms with Gasteiger partial charge in [0.1, 0.15) is 0 Å². The smallest absolute Gasteiger partial charge is 0.381 e. The number of halogens is 1. The number of nitrogens with two attached hydrogens (primary N) is 1. The Morgan fingerprint density at radius 1 is 1.19 bits per heavy atom. The van der Waals surface area contributed by atoms with Crippen LogP contribution in [0.25, 0.3) is 10.2 Å². The van der Waals surface area contributed by atoms with Crippen molar-refractivity contribution >= 4 is 50.8 Å². The topological polar surface area (TPSA) is 98.0 Å². The molecule has 2 N–H and O–H groups in total. The monoisotopic (exact) mass is 474 g/mol. The van der Waals surface area contributed by atoms with Crippen molar-refractivity contribution in [2.75, 3.05) is 44.3 Å². The highest BCUT2D eigenvalue weighted by Crippen LogP contribution is 2.31. The van der Waals surface area contributed by atoms with E-state index in [1.807, 2.05) is 30.3 Å². The summed E-state index contributed by atoms with van der Waals surface area (Å²) in [7, 11) is 0. The van der Waals surface area contributed by atoms with Gasteiger partial charge in [0.25, 0.3) is 5.19 Å². The van der Waals surface area contributed by atoms with Gasteiger partial charge in [-0.15, -0.1) is 0 Å². The van der Waals surface area contributed by atoms with Crippen LogP contribution in [0.2, 0.25) is 5.02 Å². The molecule has 1 aromatic heterocycles. The molecular weight excluding hydrogens is 452 g/mol. The Morgan fingerprint density at radius 2 is 1.94 bits per heavy atom. The minimum atomic E-state index is -0.908. The second-order valence-corrected chi connectivity index (χ2v) is 8.79. The number of benzene rings is 2. The molecule has 1 aliphatic heterocycles. The summed E-state index contributed by atoms with van der Waals surface area (Å²) in [6.07, 6.45) is -0.647. The predicted molar refractivity (Wildman–Crippen MR) is 125 cm³/mol. The molecule has 2 heterocycles. The Kier molecular flexibility index (Phi) is 7.21. The molecule has 0 bridgehead atoms. The van der Waals surface area contributed by atoms with Crippen molar-refractivity contribution in [3.63, 3.8) is 0 Å². The van der Waals surface area contributed by atoms with Crippen molar-refractivity contribution < 1.29 is 19.1 Å². The van der Waals surface area contributed by atoms with E-state index in [1.165, 1.54) is 11.3 Å². The Labute approximate surface area is 194 Å². The maximum Gasteiger partial charge on any atom is 0.411 e. The van der Waals surface area contributed by atoms with Gasteiger partial charge in [0.05, 0.1) is 29.9 Å². The summed E-state index contributed by atoms with van der Waals surface area (Å²) in [5.41, 5.74) is 7.42. The van der Waals surface area contributed by atoms with Gasteiger partial charge in [0.15, 0.2) is 0 Å². The average molecular weight is 475 g/mol. The molecule has 0 saturated carbocycles. The third kappa shape index (κ3) is 5.74. The number of ether oxygens (including phenoxy) is 2. The molecule has 2 aromatic carbocycles. The van der Waals surface area contributed by atoms with E-state index in [9.17, 15) is 9.59 Å². The van der Waals surface area contributed by atoms with Crippen LogP contribution in [0.4, 0.5) is 10.5 Å². The van der Waals surface area contributed by atoms with Crippen LogP contribution in [0.1, 0.15) is 5.56 Å². The van der Waals surface area contributed by atoms with Gasteiger partial charge in [-0.05, 0) is 35.9 Å². The minimum absolute atomic E-state index is 0.0157. The lowest BCUT2D eigenvalue weighted by Gasteiger charge is -2.30. The van der Waals surface area contributed by atoms with Gasteiger partial charge in [-0.2, -0.15) is 0 Å². The molecule has 32 heavy (non-hydrogen) atoms. The van der Waals surface area contributed by atoms with Crippen molar-refractivity contribution in [1.82, 2.24) is 9.88 Å². The standard InChI is InChI=1S/C22H23ClN4O4S/c23-16-3-1-15(2-4-16)13-20(28)27(8-7-26-9-11-30-12-10-26)17-5-6-18-19(14-17)32-22(25-18)31-21(24)29/h1-6,14H,7-13H2,(H2,24,29). The molecule has 2 amide bonds. The number of aromatic nitrogens is 1. The van der Waals surface area contributed by atoms with Gasteiger partial charge in [-0.3, -0.25) is 9.69 Å². The van der Waals surface area contributed by atoms with Crippen LogP contribution in [0.5, 0.6) is 5.19 Å². The van der Waals surface area contributed by atoms with Crippen LogP contribution >= 0.6 is 22.9 Å². The van der Waals surface area contributed by atoms with Gasteiger partial charge < -0.3 is 20.1 Å². The second-order valence-electron chi connectivity index (χ2n) is 7.36. The van der Waals surface area contributed by atoms with Gasteiger partial charge in [0.2, 0.25) is 5.91 Å². The Morgan fingerprint density at radius 3 is 2.66 bits per heavy atom. The highest BCUT2D eigenvalue weighted by atomic mass is 35.5. The molecule has 0 unspecified atom stereocenters. The summed E-state index contributed by atoms with van der Waals surface area (Å²) < 4.78 is 11.1. The number of hydrogen-bond acceptors (Lipinski definition) is 7. The third-order valence-electron chi connectivity index (χ3n) is 5.17. The lowest BCUT2D eigenvalue weighted by atomic mass is 10.1. The number of nitrogens with zero attached hydrogens (tertiary/aromatic N) is 3. The minimum Gasteiger partial charge on any atom is -0.381 e. The number of carbonyl (C=O) groups is 2. The highest BCUT2D eigenvalue weighted by molar-refractivity contribution is 7.20. The molecule has 4 rings (SSSR count). The lowest BCUT2D eigenvalue weighted by Crippen LogP contribution is -2.43. The van der Waals surface area contributed by atoms with E-state index >= 15 is 0 Å². The zero-order valence-electron chi connectivity index (χ0n) is 17.3. The molecule has 0 aliphatic carbocycles. The number of primary amides is 1. The van der Waals surface area contributed by atoms with Crippen molar-refractivity contribution in [1.29, 1.82) is 0 Å². The van der Waals surface area contributed by atoms with Crippen molar-refractivity contribution in [3.05, 3.63) is 53.1 Å². The Hall–Kier alpha value is -2.72. The predicted octanol–water partition coefficient (Wildman–Crippen LogP) is 3.32. The van der Waals surface area contributed by atoms with Crippen LogP contribution in [0.15, 0.2) is 42.5 Å². The molecule has 1 saturated heterocycles. The van der Waals surface area contributed by atoms with Crippen LogP contribution in [0.3, 0.4) is 0 Å². The molecule has 8 nitrogen and oxygen atoms in total. The van der Waals surface area contributed by atoms with Gasteiger partial charge >= 0.3 is 6.09 Å². The van der Waals surface area contributed by atoms with Crippen LogP contribution in [-0.4, -0.2) is 61.3 Å². The lowest BCUT2D eigenvalue weighted by molar-refractivity contribution is -0.118. The maximum atomic E-state index is 13.3. The van der Waals surface area contributed by atoms with E-state index in [4.69, 9.17) is 26.8 Å². The number of thiazole rings is 1. The van der Waals surface area contributed by atoms with Crippen LogP contribution in [-0.2, 0) is 16.0 Å². The summed E-state index contributed by atoms with van der Waals surface area (Å²) in [5, 5.41) is 0.812. The molecule has 3 aromatic rings. The number of morpholine rings is 1. The van der Waals surface area contributed by atoms with Crippen molar-refractivity contribution in [3.8, 4) is 5.19 Å². The summed E-state index contributed by atoms with van der Waals surface area (Å²) in [6.45, 7) is 4.39. The summed E-state index contributed by atoms with van der Waals surface area (Å²) in [4.78, 5) is 32.7. The molecule has 0 radical (unpaired) electrons. The van der Waals surface area contributed by atoms with Gasteiger partial charge in [0, 0.05) is 36.9 Å². The quantitative estimate of drug-likeness (QED) is 0.564. The second kappa shape index (κ2) is 10.3. The fourth-order valence-electron chi connectivity index (χ4n) is 3.53. The van der Waals surface area contributed by atoms with E-state index in [1.54, 1.807) is 17.0 Å². The maximum absolute atomic E-state index is 13.3. The fraction of sp³-hybridized carbons (Fsp3) is 0.318. The number of carbonyl (C=O) groups excluding carboxylic acids is 2. The van der Waals surface area contributed by atoms with Crippen molar-refractivity contribution in [2.24, 2.45) is 5.73 Å². The molecule has 10 heteroatoms. The number of anilines is 1. The number of rotatable bonds is 7. The Bertz CT molecular complexity index is 1100. The SMILES string of the molecule is NC(=O)Oc1nc2ccc(N(CCN3CCOCC3)C(=O)Cc3ccc(Cl)cc3)cc2s1. The number of amides is 2. The molecular formula is C22H23ClN4O4S. The highest BCUT2D eigenvalue weighted by Gasteiger charge is 2.20.